The Morgan fingerprint density at radius 2 is 1.68 bits per heavy atom. The largest absolute Gasteiger partial charge is 0.322 e. The van der Waals surface area contributed by atoms with Gasteiger partial charge in [-0.05, 0) is 47.2 Å². The van der Waals surface area contributed by atoms with Crippen molar-refractivity contribution in [1.29, 1.82) is 0 Å². The summed E-state index contributed by atoms with van der Waals surface area (Å²) in [5, 5.41) is 6.80. The first kappa shape index (κ1) is 18.1. The molecule has 1 amide bonds. The van der Waals surface area contributed by atoms with Gasteiger partial charge in [0.15, 0.2) is 5.13 Å². The van der Waals surface area contributed by atoms with Crippen LogP contribution in [0, 0.1) is 0 Å². The van der Waals surface area contributed by atoms with Gasteiger partial charge in [-0.15, -0.1) is 11.3 Å². The Balaban J connectivity index is 1.49. The molecule has 1 aromatic heterocycles. The molecule has 3 aromatic carbocycles. The Hall–Kier alpha value is -3.23. The van der Waals surface area contributed by atoms with Gasteiger partial charge in [0.1, 0.15) is 0 Å². The van der Waals surface area contributed by atoms with Gasteiger partial charge < -0.3 is 5.32 Å². The first-order valence-electron chi connectivity index (χ1n) is 8.34. The molecule has 6 nitrogen and oxygen atoms in total. The van der Waals surface area contributed by atoms with E-state index >= 15 is 0 Å². The summed E-state index contributed by atoms with van der Waals surface area (Å²) in [5.74, 6) is -0.262. The minimum atomic E-state index is -3.72. The van der Waals surface area contributed by atoms with Crippen molar-refractivity contribution in [3.63, 3.8) is 0 Å². The number of rotatable bonds is 5. The minimum absolute atomic E-state index is 0.0893. The second-order valence-corrected chi connectivity index (χ2v) is 8.56. The molecule has 0 atom stereocenters. The van der Waals surface area contributed by atoms with E-state index in [1.807, 2.05) is 36.4 Å². The zero-order valence-corrected chi connectivity index (χ0v) is 16.1. The highest BCUT2D eigenvalue weighted by Gasteiger charge is 2.15. The predicted octanol–water partition coefficient (Wildman–Crippen LogP) is 4.35. The average Bonchev–Trinajstić information content (AvgIpc) is 3.20. The number of benzene rings is 3. The van der Waals surface area contributed by atoms with E-state index < -0.39 is 10.0 Å². The van der Waals surface area contributed by atoms with Crippen LogP contribution >= 0.6 is 11.3 Å². The lowest BCUT2D eigenvalue weighted by atomic mass is 10.1. The molecule has 0 aliphatic heterocycles. The summed E-state index contributed by atoms with van der Waals surface area (Å²) in [6, 6.07) is 19.2. The SMILES string of the molecule is O=C(Nc1ccc(S(=O)(=O)Nc2nccs2)cc1)c1ccc2ccccc2c1. The summed E-state index contributed by atoms with van der Waals surface area (Å²) in [7, 11) is -3.72. The molecule has 0 unspecified atom stereocenters. The summed E-state index contributed by atoms with van der Waals surface area (Å²) < 4.78 is 27.1. The topological polar surface area (TPSA) is 88.2 Å². The fourth-order valence-corrected chi connectivity index (χ4v) is 4.49. The summed E-state index contributed by atoms with van der Waals surface area (Å²) in [6.45, 7) is 0. The average molecular weight is 409 g/mol. The van der Waals surface area contributed by atoms with Crippen LogP contribution < -0.4 is 10.0 Å². The normalized spacial score (nSPS) is 11.3. The van der Waals surface area contributed by atoms with Crippen molar-refractivity contribution in [2.45, 2.75) is 4.90 Å². The van der Waals surface area contributed by atoms with Crippen molar-refractivity contribution in [2.24, 2.45) is 0 Å². The summed E-state index contributed by atoms with van der Waals surface area (Å²) >= 11 is 1.20. The molecule has 0 fully saturated rings. The first-order chi connectivity index (χ1) is 13.5. The number of aromatic nitrogens is 1. The number of fused-ring (bicyclic) bond motifs is 1. The maximum atomic E-state index is 12.5. The lowest BCUT2D eigenvalue weighted by Crippen LogP contribution is -2.14. The molecule has 4 aromatic rings. The van der Waals surface area contributed by atoms with Gasteiger partial charge in [-0.2, -0.15) is 0 Å². The van der Waals surface area contributed by atoms with Crippen LogP contribution in [0.5, 0.6) is 0 Å². The molecule has 4 rings (SSSR count). The van der Waals surface area contributed by atoms with E-state index in [-0.39, 0.29) is 10.8 Å². The standard InChI is InChI=1S/C20H15N3O3S2/c24-19(16-6-5-14-3-1-2-4-15(14)13-16)22-17-7-9-18(10-8-17)28(25,26)23-20-21-11-12-27-20/h1-13H,(H,21,23)(H,22,24). The lowest BCUT2D eigenvalue weighted by molar-refractivity contribution is 0.102. The molecular weight excluding hydrogens is 394 g/mol. The molecule has 2 N–H and O–H groups in total. The number of anilines is 2. The van der Waals surface area contributed by atoms with Crippen molar-refractivity contribution in [2.75, 3.05) is 10.0 Å². The van der Waals surface area contributed by atoms with Gasteiger partial charge in [0, 0.05) is 22.8 Å². The number of hydrogen-bond donors (Lipinski definition) is 2. The Bertz CT molecular complexity index is 1240. The highest BCUT2D eigenvalue weighted by Crippen LogP contribution is 2.21. The van der Waals surface area contributed by atoms with Gasteiger partial charge in [-0.1, -0.05) is 30.3 Å². The van der Waals surface area contributed by atoms with Crippen LogP contribution in [0.15, 0.2) is 83.2 Å². The van der Waals surface area contributed by atoms with Crippen molar-refractivity contribution in [3.05, 3.63) is 83.9 Å². The third kappa shape index (κ3) is 3.88. The predicted molar refractivity (Wildman–Crippen MR) is 111 cm³/mol. The van der Waals surface area contributed by atoms with Gasteiger partial charge in [0.25, 0.3) is 15.9 Å². The van der Waals surface area contributed by atoms with Crippen LogP contribution in [-0.4, -0.2) is 19.3 Å². The third-order valence-corrected chi connectivity index (χ3v) is 6.26. The number of amides is 1. The number of carbonyl (C=O) groups excluding carboxylic acids is 1. The second kappa shape index (κ2) is 7.41. The van der Waals surface area contributed by atoms with E-state index in [0.29, 0.717) is 16.4 Å². The van der Waals surface area contributed by atoms with Gasteiger partial charge in [0.2, 0.25) is 0 Å². The van der Waals surface area contributed by atoms with Crippen LogP contribution in [0.1, 0.15) is 10.4 Å². The monoisotopic (exact) mass is 409 g/mol. The third-order valence-electron chi connectivity index (χ3n) is 4.09. The number of nitrogens with zero attached hydrogens (tertiary/aromatic N) is 1. The van der Waals surface area contributed by atoms with Crippen molar-refractivity contribution in [3.8, 4) is 0 Å². The maximum absolute atomic E-state index is 12.5. The van der Waals surface area contributed by atoms with Crippen molar-refractivity contribution >= 4 is 48.9 Å². The van der Waals surface area contributed by atoms with Gasteiger partial charge in [-0.3, -0.25) is 9.52 Å². The van der Waals surface area contributed by atoms with Crippen LogP contribution in [0.2, 0.25) is 0 Å². The summed E-state index contributed by atoms with van der Waals surface area (Å²) in [5.41, 5.74) is 1.03. The fourth-order valence-electron chi connectivity index (χ4n) is 2.70. The highest BCUT2D eigenvalue weighted by atomic mass is 32.2. The number of carbonyl (C=O) groups is 1. The van der Waals surface area contributed by atoms with Crippen molar-refractivity contribution < 1.29 is 13.2 Å². The van der Waals surface area contributed by atoms with E-state index in [9.17, 15) is 13.2 Å². The van der Waals surface area contributed by atoms with E-state index in [1.54, 1.807) is 23.6 Å². The highest BCUT2D eigenvalue weighted by molar-refractivity contribution is 7.93. The number of nitrogens with one attached hydrogen (secondary N) is 2. The zero-order valence-electron chi connectivity index (χ0n) is 14.5. The Morgan fingerprint density at radius 1 is 0.929 bits per heavy atom. The molecule has 1 heterocycles. The molecule has 0 saturated carbocycles. The number of sulfonamides is 1. The molecule has 0 aliphatic rings. The van der Waals surface area contributed by atoms with Crippen LogP contribution in [0.25, 0.3) is 10.8 Å². The Kier molecular flexibility index (Phi) is 4.81. The molecular formula is C20H15N3O3S2. The first-order valence-corrected chi connectivity index (χ1v) is 10.7. The molecule has 0 aliphatic carbocycles. The van der Waals surface area contributed by atoms with Gasteiger partial charge >= 0.3 is 0 Å². The molecule has 0 bridgehead atoms. The molecule has 0 radical (unpaired) electrons. The summed E-state index contributed by atoms with van der Waals surface area (Å²) in [4.78, 5) is 16.5. The quantitative estimate of drug-likeness (QED) is 0.513. The number of thiazole rings is 1. The maximum Gasteiger partial charge on any atom is 0.263 e. The van der Waals surface area contributed by atoms with E-state index in [1.165, 1.54) is 29.7 Å². The van der Waals surface area contributed by atoms with Crippen LogP contribution in [0.4, 0.5) is 10.8 Å². The lowest BCUT2D eigenvalue weighted by Gasteiger charge is -2.08. The zero-order chi connectivity index (χ0) is 19.6. The van der Waals surface area contributed by atoms with Crippen LogP contribution in [0.3, 0.4) is 0 Å². The van der Waals surface area contributed by atoms with E-state index in [2.05, 4.69) is 15.0 Å². The summed E-state index contributed by atoms with van der Waals surface area (Å²) in [6.07, 6.45) is 1.52. The van der Waals surface area contributed by atoms with Crippen LogP contribution in [-0.2, 0) is 10.0 Å². The molecule has 0 spiro atoms. The smallest absolute Gasteiger partial charge is 0.263 e. The Morgan fingerprint density at radius 3 is 2.39 bits per heavy atom. The molecule has 8 heteroatoms. The van der Waals surface area contributed by atoms with Gasteiger partial charge in [-0.25, -0.2) is 13.4 Å². The fraction of sp³-hybridized carbons (Fsp3) is 0. The number of hydrogen-bond acceptors (Lipinski definition) is 5. The Labute approximate surface area is 165 Å². The van der Waals surface area contributed by atoms with E-state index in [0.717, 1.165) is 10.8 Å². The van der Waals surface area contributed by atoms with E-state index in [4.69, 9.17) is 0 Å². The minimum Gasteiger partial charge on any atom is -0.322 e. The molecule has 0 saturated heterocycles. The van der Waals surface area contributed by atoms with Crippen molar-refractivity contribution in [1.82, 2.24) is 4.98 Å². The molecule has 28 heavy (non-hydrogen) atoms. The molecule has 140 valence electrons. The van der Waals surface area contributed by atoms with Gasteiger partial charge in [0.05, 0.1) is 4.90 Å². The second-order valence-electron chi connectivity index (χ2n) is 5.98.